The van der Waals surface area contributed by atoms with Crippen LogP contribution in [-0.4, -0.2) is 35.4 Å². The first-order valence-electron chi connectivity index (χ1n) is 4.62. The van der Waals surface area contributed by atoms with Crippen LogP contribution in [0, 0.1) is 0 Å². The van der Waals surface area contributed by atoms with Gasteiger partial charge in [0.05, 0.1) is 5.88 Å². The van der Waals surface area contributed by atoms with Crippen LogP contribution in [0.2, 0.25) is 0 Å². The average Bonchev–Trinajstić information content (AvgIpc) is 2.67. The zero-order valence-electron chi connectivity index (χ0n) is 8.33. The van der Waals surface area contributed by atoms with E-state index in [1.807, 2.05) is 6.92 Å². The van der Waals surface area contributed by atoms with E-state index >= 15 is 0 Å². The molecule has 0 aliphatic carbocycles. The number of hydrogen-bond donors (Lipinski definition) is 0. The van der Waals surface area contributed by atoms with Gasteiger partial charge in [0.1, 0.15) is 4.90 Å². The molecule has 6 heteroatoms. The van der Waals surface area contributed by atoms with Crippen LogP contribution in [0.3, 0.4) is 0 Å². The Morgan fingerprint density at radius 3 is 2.93 bits per heavy atom. The molecule has 0 saturated carbocycles. The van der Waals surface area contributed by atoms with Crippen LogP contribution in [0.5, 0.6) is 0 Å². The summed E-state index contributed by atoms with van der Waals surface area (Å²) in [6.45, 7) is 2.62. The van der Waals surface area contributed by atoms with E-state index in [4.69, 9.17) is 0 Å². The van der Waals surface area contributed by atoms with Gasteiger partial charge in [-0.2, -0.15) is 4.31 Å². The van der Waals surface area contributed by atoms with Crippen LogP contribution in [0.15, 0.2) is 29.4 Å². The number of nitrogens with zero attached hydrogens (tertiary/aromatic N) is 2. The van der Waals surface area contributed by atoms with Crippen molar-refractivity contribution < 1.29 is 8.42 Å². The molecule has 2 heterocycles. The van der Waals surface area contributed by atoms with Gasteiger partial charge in [0.2, 0.25) is 10.0 Å². The van der Waals surface area contributed by atoms with Gasteiger partial charge in [-0.1, -0.05) is 6.92 Å². The second kappa shape index (κ2) is 4.11. The van der Waals surface area contributed by atoms with E-state index in [0.717, 1.165) is 0 Å². The summed E-state index contributed by atoms with van der Waals surface area (Å²) in [6.07, 6.45) is 2.96. The molecule has 2 rings (SSSR count). The van der Waals surface area contributed by atoms with Crippen LogP contribution in [0.1, 0.15) is 6.92 Å². The van der Waals surface area contributed by atoms with Gasteiger partial charge in [-0.3, -0.25) is 4.98 Å². The van der Waals surface area contributed by atoms with Gasteiger partial charge in [0.15, 0.2) is 0 Å². The molecule has 1 aromatic heterocycles. The Kier molecular flexibility index (Phi) is 2.99. The third-order valence-corrected chi connectivity index (χ3v) is 5.37. The second-order valence-corrected chi connectivity index (χ2v) is 6.77. The molecule has 0 radical (unpaired) electrons. The average molecular weight is 244 g/mol. The van der Waals surface area contributed by atoms with E-state index in [0.29, 0.717) is 17.7 Å². The lowest BCUT2D eigenvalue weighted by molar-refractivity contribution is 0.477. The van der Waals surface area contributed by atoms with Crippen molar-refractivity contribution in [3.8, 4) is 0 Å². The normalized spacial score (nSPS) is 23.1. The predicted octanol–water partition coefficient (Wildman–Crippen LogP) is 1.17. The summed E-state index contributed by atoms with van der Waals surface area (Å²) >= 11 is 1.65. The van der Waals surface area contributed by atoms with Gasteiger partial charge in [-0.25, -0.2) is 8.42 Å². The molecule has 4 nitrogen and oxygen atoms in total. The second-order valence-electron chi connectivity index (χ2n) is 3.43. The zero-order valence-corrected chi connectivity index (χ0v) is 9.96. The molecule has 0 spiro atoms. The van der Waals surface area contributed by atoms with Crippen molar-refractivity contribution in [2.75, 3.05) is 12.4 Å². The molecular weight excluding hydrogens is 232 g/mol. The highest BCUT2D eigenvalue weighted by Gasteiger charge is 2.30. The van der Waals surface area contributed by atoms with Crippen LogP contribution in [-0.2, 0) is 10.0 Å². The first kappa shape index (κ1) is 10.9. The zero-order chi connectivity index (χ0) is 10.9. The van der Waals surface area contributed by atoms with Gasteiger partial charge in [-0.15, -0.1) is 11.8 Å². The van der Waals surface area contributed by atoms with E-state index in [-0.39, 0.29) is 4.90 Å². The van der Waals surface area contributed by atoms with Crippen molar-refractivity contribution in [3.63, 3.8) is 0 Å². The smallest absolute Gasteiger partial charge is 0.245 e. The SMILES string of the molecule is CC1CN(S(=O)(=O)c2cccnc2)CS1. The lowest BCUT2D eigenvalue weighted by Crippen LogP contribution is -2.29. The lowest BCUT2D eigenvalue weighted by Gasteiger charge is -2.14. The minimum Gasteiger partial charge on any atom is -0.263 e. The molecule has 1 aliphatic rings. The summed E-state index contributed by atoms with van der Waals surface area (Å²) < 4.78 is 25.6. The molecular formula is C9H12N2O2S2. The molecule has 1 unspecified atom stereocenters. The maximum Gasteiger partial charge on any atom is 0.245 e. The van der Waals surface area contributed by atoms with E-state index in [1.54, 1.807) is 30.1 Å². The van der Waals surface area contributed by atoms with E-state index in [2.05, 4.69) is 4.98 Å². The molecule has 15 heavy (non-hydrogen) atoms. The molecule has 82 valence electrons. The maximum absolute atomic E-state index is 12.1. The lowest BCUT2D eigenvalue weighted by atomic mass is 10.5. The van der Waals surface area contributed by atoms with Crippen molar-refractivity contribution in [1.82, 2.24) is 9.29 Å². The van der Waals surface area contributed by atoms with Gasteiger partial charge in [-0.05, 0) is 12.1 Å². The van der Waals surface area contributed by atoms with E-state index in [9.17, 15) is 8.42 Å². The number of hydrogen-bond acceptors (Lipinski definition) is 4. The number of aromatic nitrogens is 1. The first-order chi connectivity index (χ1) is 7.10. The van der Waals surface area contributed by atoms with Crippen molar-refractivity contribution in [3.05, 3.63) is 24.5 Å². The molecule has 0 N–H and O–H groups in total. The molecule has 1 saturated heterocycles. The molecule has 1 aliphatic heterocycles. The highest BCUT2D eigenvalue weighted by atomic mass is 32.2. The molecule has 1 aromatic rings. The highest BCUT2D eigenvalue weighted by Crippen LogP contribution is 2.27. The highest BCUT2D eigenvalue weighted by molar-refractivity contribution is 8.01. The number of rotatable bonds is 2. The monoisotopic (exact) mass is 244 g/mol. The molecule has 1 fully saturated rings. The maximum atomic E-state index is 12.1. The number of thioether (sulfide) groups is 1. The fraction of sp³-hybridized carbons (Fsp3) is 0.444. The summed E-state index contributed by atoms with van der Waals surface area (Å²) in [4.78, 5) is 4.11. The molecule has 1 atom stereocenters. The van der Waals surface area contributed by atoms with Gasteiger partial charge in [0.25, 0.3) is 0 Å². The summed E-state index contributed by atoms with van der Waals surface area (Å²) in [7, 11) is -3.32. The van der Waals surface area contributed by atoms with Gasteiger partial charge < -0.3 is 0 Å². The Balaban J connectivity index is 2.28. The summed E-state index contributed by atoms with van der Waals surface area (Å²) in [5.41, 5.74) is 0. The third kappa shape index (κ3) is 2.16. The molecule has 0 aromatic carbocycles. The Morgan fingerprint density at radius 2 is 2.40 bits per heavy atom. The van der Waals surface area contributed by atoms with Crippen LogP contribution in [0.25, 0.3) is 0 Å². The fourth-order valence-corrected chi connectivity index (χ4v) is 4.22. The van der Waals surface area contributed by atoms with Gasteiger partial charge in [0, 0.05) is 24.2 Å². The fourth-order valence-electron chi connectivity index (χ4n) is 1.42. The van der Waals surface area contributed by atoms with Crippen LogP contribution < -0.4 is 0 Å². The Bertz CT molecular complexity index is 433. The van der Waals surface area contributed by atoms with E-state index < -0.39 is 10.0 Å². The Hall–Kier alpha value is -0.590. The Morgan fingerprint density at radius 1 is 1.60 bits per heavy atom. The minimum absolute atomic E-state index is 0.278. The van der Waals surface area contributed by atoms with Crippen molar-refractivity contribution in [2.24, 2.45) is 0 Å². The van der Waals surface area contributed by atoms with Gasteiger partial charge >= 0.3 is 0 Å². The van der Waals surface area contributed by atoms with Crippen LogP contribution >= 0.6 is 11.8 Å². The number of sulfonamides is 1. The standard InChI is InChI=1S/C9H12N2O2S2/c1-8-6-11(7-14-8)15(12,13)9-3-2-4-10-5-9/h2-5,8H,6-7H2,1H3. The quantitative estimate of drug-likeness (QED) is 0.783. The Labute approximate surface area is 93.7 Å². The molecule has 0 amide bonds. The van der Waals surface area contributed by atoms with Crippen molar-refractivity contribution in [2.45, 2.75) is 17.1 Å². The number of pyridine rings is 1. The van der Waals surface area contributed by atoms with E-state index in [1.165, 1.54) is 10.5 Å². The molecule has 0 bridgehead atoms. The summed E-state index contributed by atoms with van der Waals surface area (Å²) in [5.74, 6) is 0.540. The predicted molar refractivity (Wildman–Crippen MR) is 60.0 cm³/mol. The van der Waals surface area contributed by atoms with Crippen LogP contribution in [0.4, 0.5) is 0 Å². The summed E-state index contributed by atoms with van der Waals surface area (Å²) in [5, 5.41) is 0.372. The topological polar surface area (TPSA) is 50.3 Å². The third-order valence-electron chi connectivity index (χ3n) is 2.24. The van der Waals surface area contributed by atoms with Crippen molar-refractivity contribution >= 4 is 21.8 Å². The largest absolute Gasteiger partial charge is 0.263 e. The summed E-state index contributed by atoms with van der Waals surface area (Å²) in [6, 6.07) is 3.22. The minimum atomic E-state index is -3.32. The van der Waals surface area contributed by atoms with Crippen molar-refractivity contribution in [1.29, 1.82) is 0 Å². The first-order valence-corrected chi connectivity index (χ1v) is 7.11.